The second-order valence-corrected chi connectivity index (χ2v) is 12.0. The minimum absolute atomic E-state index is 0.0139. The SMILES string of the molecule is Cc1cn([C@H]2C[C@H](OCC(=O)c3ccc(O)cc3)[C@@H](C(O)P(OCCC#N)N(C(C)C)C(C)C)O2)c(=O)[nH]c1=O. The molecule has 13 heteroatoms. The third-order valence-corrected chi connectivity index (χ3v) is 9.00. The second kappa shape index (κ2) is 14.1. The molecule has 1 fully saturated rings. The Labute approximate surface area is 234 Å². The number of phenols is 1. The third kappa shape index (κ3) is 7.63. The van der Waals surface area contributed by atoms with Crippen molar-refractivity contribution in [3.8, 4) is 11.8 Å². The number of nitriles is 1. The molecular formula is C27H37N4O8P. The molecular weight excluding hydrogens is 539 g/mol. The molecule has 0 bridgehead atoms. The van der Waals surface area contributed by atoms with E-state index in [1.807, 2.05) is 38.4 Å². The number of carbonyl (C=O) groups excluding carboxylic acids is 1. The molecule has 3 N–H and O–H groups in total. The van der Waals surface area contributed by atoms with Crippen molar-refractivity contribution in [2.24, 2.45) is 0 Å². The molecule has 1 aromatic carbocycles. The van der Waals surface area contributed by atoms with Crippen LogP contribution in [-0.4, -0.2) is 73.6 Å². The minimum atomic E-state index is -1.72. The zero-order chi connectivity index (χ0) is 29.6. The number of phenolic OH excluding ortho intramolecular Hbond substituents is 1. The smallest absolute Gasteiger partial charge is 0.330 e. The molecule has 3 rings (SSSR count). The highest BCUT2D eigenvalue weighted by Gasteiger charge is 2.47. The van der Waals surface area contributed by atoms with Crippen LogP contribution in [0.4, 0.5) is 0 Å². The topological polar surface area (TPSA) is 167 Å². The summed E-state index contributed by atoms with van der Waals surface area (Å²) in [6.45, 7) is 9.23. The molecule has 0 amide bonds. The first-order valence-corrected chi connectivity index (χ1v) is 14.4. The lowest BCUT2D eigenvalue weighted by Gasteiger charge is -2.41. The fourth-order valence-corrected chi connectivity index (χ4v) is 6.88. The van der Waals surface area contributed by atoms with E-state index in [-0.39, 0.29) is 49.7 Å². The van der Waals surface area contributed by atoms with Crippen molar-refractivity contribution < 1.29 is 29.0 Å². The van der Waals surface area contributed by atoms with E-state index in [0.29, 0.717) is 11.1 Å². The van der Waals surface area contributed by atoms with Gasteiger partial charge in [-0.25, -0.2) is 4.79 Å². The first-order chi connectivity index (χ1) is 18.9. The summed E-state index contributed by atoms with van der Waals surface area (Å²) in [5, 5.41) is 30.3. The molecule has 0 spiro atoms. The maximum atomic E-state index is 12.8. The van der Waals surface area contributed by atoms with E-state index in [9.17, 15) is 24.6 Å². The Morgan fingerprint density at radius 3 is 2.50 bits per heavy atom. The number of H-pyrrole nitrogens is 1. The Balaban J connectivity index is 1.93. The number of hydrogen-bond donors (Lipinski definition) is 3. The normalized spacial score (nSPS) is 20.6. The lowest BCUT2D eigenvalue weighted by atomic mass is 10.1. The Morgan fingerprint density at radius 1 is 1.25 bits per heavy atom. The van der Waals surface area contributed by atoms with Gasteiger partial charge in [0.2, 0.25) is 0 Å². The minimum Gasteiger partial charge on any atom is -0.508 e. The van der Waals surface area contributed by atoms with E-state index >= 15 is 0 Å². The van der Waals surface area contributed by atoms with Gasteiger partial charge < -0.3 is 24.2 Å². The van der Waals surface area contributed by atoms with Gasteiger partial charge in [0.05, 0.1) is 25.2 Å². The van der Waals surface area contributed by atoms with E-state index in [1.165, 1.54) is 35.0 Å². The number of ether oxygens (including phenoxy) is 2. The predicted molar refractivity (Wildman–Crippen MR) is 148 cm³/mol. The van der Waals surface area contributed by atoms with Crippen molar-refractivity contribution in [2.75, 3.05) is 13.2 Å². The number of aromatic amines is 1. The van der Waals surface area contributed by atoms with Gasteiger partial charge in [0.15, 0.2) is 5.78 Å². The number of nitrogens with one attached hydrogen (secondary N) is 1. The Morgan fingerprint density at radius 2 is 1.90 bits per heavy atom. The number of aromatic hydroxyl groups is 1. The Bertz CT molecular complexity index is 1300. The van der Waals surface area contributed by atoms with Crippen LogP contribution in [0.25, 0.3) is 0 Å². The Hall–Kier alpha value is -2.91. The fourth-order valence-electron chi connectivity index (χ4n) is 4.62. The zero-order valence-electron chi connectivity index (χ0n) is 23.3. The summed E-state index contributed by atoms with van der Waals surface area (Å²) >= 11 is 0. The summed E-state index contributed by atoms with van der Waals surface area (Å²) in [6, 6.07) is 7.78. The number of aromatic nitrogens is 2. The standard InChI is InChI=1S/C27H37N4O8P/c1-16(2)31(17(3)4)40(38-12-6-11-28)26(35)24-22(37-15-21(33)19-7-9-20(32)10-8-19)13-23(39-24)30-14-18(5)25(34)29-27(30)36/h7-10,14,16-17,22-24,26,32,35H,6,12-13,15H2,1-5H3,(H,29,34,36)/t22-,23+,24-,26?,40?/m0/s1. The molecule has 5 atom stereocenters. The number of ketones is 1. The van der Waals surface area contributed by atoms with Crippen molar-refractivity contribution >= 4 is 14.1 Å². The summed E-state index contributed by atoms with van der Waals surface area (Å²) in [5.41, 5.74) is -0.541. The molecule has 0 radical (unpaired) electrons. The van der Waals surface area contributed by atoms with Gasteiger partial charge in [-0.05, 0) is 58.9 Å². The number of carbonyl (C=O) groups is 1. The number of Topliss-reactive ketones (excluding diaryl/α,β-unsaturated/α-hetero) is 1. The number of hydrogen-bond acceptors (Lipinski definition) is 10. The van der Waals surface area contributed by atoms with Crippen molar-refractivity contribution in [1.82, 2.24) is 14.2 Å². The van der Waals surface area contributed by atoms with Crippen LogP contribution in [0.3, 0.4) is 0 Å². The van der Waals surface area contributed by atoms with E-state index in [4.69, 9.17) is 19.3 Å². The Kier molecular flexibility index (Phi) is 11.2. The number of aliphatic hydroxyl groups is 1. The molecule has 2 heterocycles. The van der Waals surface area contributed by atoms with Crippen molar-refractivity contribution in [3.63, 3.8) is 0 Å². The van der Waals surface area contributed by atoms with Gasteiger partial charge in [0, 0.05) is 35.8 Å². The maximum absolute atomic E-state index is 12.8. The van der Waals surface area contributed by atoms with Gasteiger partial charge in [-0.2, -0.15) is 5.26 Å². The van der Waals surface area contributed by atoms with Gasteiger partial charge in [-0.1, -0.05) is 0 Å². The molecule has 2 unspecified atom stereocenters. The lowest BCUT2D eigenvalue weighted by molar-refractivity contribution is -0.0744. The van der Waals surface area contributed by atoms with E-state index in [1.54, 1.807) is 6.92 Å². The van der Waals surface area contributed by atoms with Crippen LogP contribution in [0, 0.1) is 18.3 Å². The molecule has 12 nitrogen and oxygen atoms in total. The molecule has 1 saturated heterocycles. The number of nitrogens with zero attached hydrogens (tertiary/aromatic N) is 3. The number of rotatable bonds is 13. The maximum Gasteiger partial charge on any atom is 0.330 e. The molecule has 2 aromatic rings. The van der Waals surface area contributed by atoms with Crippen LogP contribution in [0.2, 0.25) is 0 Å². The quantitative estimate of drug-likeness (QED) is 0.183. The highest BCUT2D eigenvalue weighted by molar-refractivity contribution is 7.50. The van der Waals surface area contributed by atoms with E-state index in [0.717, 1.165) is 0 Å². The summed E-state index contributed by atoms with van der Waals surface area (Å²) in [7, 11) is -1.72. The van der Waals surface area contributed by atoms with Gasteiger partial charge in [0.25, 0.3) is 5.56 Å². The van der Waals surface area contributed by atoms with Crippen LogP contribution < -0.4 is 11.2 Å². The van der Waals surface area contributed by atoms with Crippen LogP contribution in [0.1, 0.15) is 62.7 Å². The average Bonchev–Trinajstić information content (AvgIpc) is 3.32. The average molecular weight is 577 g/mol. The summed E-state index contributed by atoms with van der Waals surface area (Å²) < 4.78 is 21.5. The summed E-state index contributed by atoms with van der Waals surface area (Å²) in [5.74, 6) is -1.54. The molecule has 1 aliphatic rings. The molecule has 40 heavy (non-hydrogen) atoms. The molecule has 0 aliphatic carbocycles. The summed E-state index contributed by atoms with van der Waals surface area (Å²) in [6.07, 6.45) is -1.06. The lowest BCUT2D eigenvalue weighted by Crippen LogP contribution is -2.43. The second-order valence-electron chi connectivity index (χ2n) is 10.1. The molecule has 0 saturated carbocycles. The molecule has 1 aromatic heterocycles. The third-order valence-electron chi connectivity index (χ3n) is 6.43. The highest BCUT2D eigenvalue weighted by atomic mass is 31.2. The van der Waals surface area contributed by atoms with Crippen LogP contribution >= 0.6 is 8.30 Å². The molecule has 1 aliphatic heterocycles. The number of benzene rings is 1. The predicted octanol–water partition coefficient (Wildman–Crippen LogP) is 2.79. The van der Waals surface area contributed by atoms with Gasteiger partial charge in [-0.15, -0.1) is 0 Å². The highest BCUT2D eigenvalue weighted by Crippen LogP contribution is 2.52. The summed E-state index contributed by atoms with van der Waals surface area (Å²) in [4.78, 5) is 39.6. The fraction of sp³-hybridized carbons (Fsp3) is 0.556. The van der Waals surface area contributed by atoms with Crippen molar-refractivity contribution in [2.45, 2.75) is 83.8 Å². The number of aliphatic hydroxyl groups excluding tert-OH is 1. The van der Waals surface area contributed by atoms with Gasteiger partial charge >= 0.3 is 5.69 Å². The van der Waals surface area contributed by atoms with Crippen molar-refractivity contribution in [3.05, 3.63) is 62.4 Å². The number of aryl methyl sites for hydroxylation is 1. The molecule has 218 valence electrons. The first-order valence-electron chi connectivity index (χ1n) is 13.1. The van der Waals surface area contributed by atoms with Gasteiger partial charge in [0.1, 0.15) is 38.8 Å². The van der Waals surface area contributed by atoms with Gasteiger partial charge in [-0.3, -0.25) is 23.8 Å². The first kappa shape index (κ1) is 31.6. The monoisotopic (exact) mass is 576 g/mol. The van der Waals surface area contributed by atoms with Crippen LogP contribution in [-0.2, 0) is 14.0 Å². The van der Waals surface area contributed by atoms with E-state index in [2.05, 4.69) is 4.98 Å². The van der Waals surface area contributed by atoms with Crippen LogP contribution in [0.5, 0.6) is 5.75 Å². The zero-order valence-corrected chi connectivity index (χ0v) is 24.2. The van der Waals surface area contributed by atoms with Crippen molar-refractivity contribution in [1.29, 1.82) is 5.26 Å². The van der Waals surface area contributed by atoms with Crippen LogP contribution in [0.15, 0.2) is 40.1 Å². The largest absolute Gasteiger partial charge is 0.508 e. The van der Waals surface area contributed by atoms with E-state index < -0.39 is 43.8 Å².